The summed E-state index contributed by atoms with van der Waals surface area (Å²) in [6, 6.07) is 14.4. The Kier molecular flexibility index (Phi) is 3.88. The molecule has 3 nitrogen and oxygen atoms in total. The highest BCUT2D eigenvalue weighted by Crippen LogP contribution is 2.30. The van der Waals surface area contributed by atoms with Gasteiger partial charge in [-0.15, -0.1) is 0 Å². The van der Waals surface area contributed by atoms with Crippen LogP contribution in [-0.4, -0.2) is 17.6 Å². The van der Waals surface area contributed by atoms with Gasteiger partial charge in [-0.2, -0.15) is 0 Å². The summed E-state index contributed by atoms with van der Waals surface area (Å²) in [5.74, 6) is 0.216. The molecule has 4 heteroatoms. The first-order valence-electron chi connectivity index (χ1n) is 7.31. The molecule has 21 heavy (non-hydrogen) atoms. The van der Waals surface area contributed by atoms with Crippen LogP contribution in [0.2, 0.25) is 0 Å². The lowest BCUT2D eigenvalue weighted by molar-refractivity contribution is -0.120. The zero-order valence-corrected chi connectivity index (χ0v) is 12.8. The number of rotatable bonds is 3. The number of fused-ring (bicyclic) bond motifs is 1. The standard InChI is InChI=1S/C17H18N2OS/c1-2-19(17(21)18-16(20)13-10-11-13)15-9-5-7-12-6-3-4-8-14(12)15/h3-9,13H,2,10-11H2,1H3,(H,18,20,21). The number of hydrogen-bond donors (Lipinski definition) is 1. The third kappa shape index (κ3) is 2.90. The summed E-state index contributed by atoms with van der Waals surface area (Å²) in [6.07, 6.45) is 1.96. The summed E-state index contributed by atoms with van der Waals surface area (Å²) in [5.41, 5.74) is 1.04. The molecule has 1 fully saturated rings. The molecule has 0 saturated heterocycles. The summed E-state index contributed by atoms with van der Waals surface area (Å²) < 4.78 is 0. The van der Waals surface area contributed by atoms with E-state index in [1.54, 1.807) is 0 Å². The first-order valence-corrected chi connectivity index (χ1v) is 7.71. The molecule has 1 amide bonds. The molecular formula is C17H18N2OS. The van der Waals surface area contributed by atoms with Gasteiger partial charge in [0.1, 0.15) is 0 Å². The van der Waals surface area contributed by atoms with Gasteiger partial charge in [0.2, 0.25) is 5.91 Å². The summed E-state index contributed by atoms with van der Waals surface area (Å²) in [4.78, 5) is 13.9. The van der Waals surface area contributed by atoms with E-state index in [-0.39, 0.29) is 11.8 Å². The van der Waals surface area contributed by atoms with E-state index in [1.165, 1.54) is 5.39 Å². The quantitative estimate of drug-likeness (QED) is 0.881. The van der Waals surface area contributed by atoms with E-state index in [2.05, 4.69) is 23.5 Å². The van der Waals surface area contributed by atoms with E-state index >= 15 is 0 Å². The Hall–Kier alpha value is -1.94. The van der Waals surface area contributed by atoms with Crippen LogP contribution in [0.1, 0.15) is 19.8 Å². The largest absolute Gasteiger partial charge is 0.318 e. The summed E-state index contributed by atoms with van der Waals surface area (Å²) in [6.45, 7) is 2.76. The number of anilines is 1. The van der Waals surface area contributed by atoms with Crippen LogP contribution in [0.5, 0.6) is 0 Å². The zero-order chi connectivity index (χ0) is 14.8. The maximum atomic E-state index is 11.9. The molecule has 0 spiro atoms. The lowest BCUT2D eigenvalue weighted by atomic mass is 10.1. The second-order valence-electron chi connectivity index (χ2n) is 5.31. The summed E-state index contributed by atoms with van der Waals surface area (Å²) in [5, 5.41) is 5.68. The molecule has 2 aromatic carbocycles. The average molecular weight is 298 g/mol. The molecule has 108 valence electrons. The SMILES string of the molecule is CCN(C(=S)NC(=O)C1CC1)c1cccc2ccccc12. The number of carbonyl (C=O) groups excluding carboxylic acids is 1. The van der Waals surface area contributed by atoms with Gasteiger partial charge in [-0.05, 0) is 43.4 Å². The van der Waals surface area contributed by atoms with E-state index in [4.69, 9.17) is 12.2 Å². The predicted octanol–water partition coefficient (Wildman–Crippen LogP) is 3.48. The highest BCUT2D eigenvalue weighted by molar-refractivity contribution is 7.80. The van der Waals surface area contributed by atoms with Crippen molar-refractivity contribution in [3.8, 4) is 0 Å². The van der Waals surface area contributed by atoms with Gasteiger partial charge in [0.05, 0.1) is 5.69 Å². The molecule has 0 bridgehead atoms. The van der Waals surface area contributed by atoms with Crippen molar-refractivity contribution in [3.05, 3.63) is 42.5 Å². The molecule has 3 rings (SSSR count). The Morgan fingerprint density at radius 2 is 1.95 bits per heavy atom. The first kappa shape index (κ1) is 14.0. The van der Waals surface area contributed by atoms with Crippen molar-refractivity contribution in [2.45, 2.75) is 19.8 Å². The van der Waals surface area contributed by atoms with Crippen LogP contribution >= 0.6 is 12.2 Å². The third-order valence-corrected chi connectivity index (χ3v) is 4.12. The summed E-state index contributed by atoms with van der Waals surface area (Å²) >= 11 is 5.44. The third-order valence-electron chi connectivity index (χ3n) is 3.80. The maximum absolute atomic E-state index is 11.9. The lowest BCUT2D eigenvalue weighted by Crippen LogP contribution is -2.43. The molecular weight excluding hydrogens is 280 g/mol. The van der Waals surface area contributed by atoms with Crippen LogP contribution < -0.4 is 10.2 Å². The van der Waals surface area contributed by atoms with Crippen LogP contribution in [-0.2, 0) is 4.79 Å². The summed E-state index contributed by atoms with van der Waals surface area (Å²) in [7, 11) is 0. The Bertz CT molecular complexity index is 689. The van der Waals surface area contributed by atoms with Gasteiger partial charge in [-0.25, -0.2) is 0 Å². The lowest BCUT2D eigenvalue weighted by Gasteiger charge is -2.25. The zero-order valence-electron chi connectivity index (χ0n) is 12.0. The highest BCUT2D eigenvalue weighted by Gasteiger charge is 2.30. The van der Waals surface area contributed by atoms with Gasteiger partial charge in [-0.3, -0.25) is 4.79 Å². The van der Waals surface area contributed by atoms with Gasteiger partial charge in [-0.1, -0.05) is 36.4 Å². The van der Waals surface area contributed by atoms with Crippen LogP contribution in [0, 0.1) is 5.92 Å². The average Bonchev–Trinajstić information content (AvgIpc) is 3.33. The number of hydrogen-bond acceptors (Lipinski definition) is 2. The second kappa shape index (κ2) is 5.82. The molecule has 1 N–H and O–H groups in total. The van der Waals surface area contributed by atoms with Crippen molar-refractivity contribution in [2.24, 2.45) is 5.92 Å². The Balaban J connectivity index is 1.90. The van der Waals surface area contributed by atoms with Gasteiger partial charge in [0.15, 0.2) is 5.11 Å². The van der Waals surface area contributed by atoms with Crippen LogP contribution in [0.25, 0.3) is 10.8 Å². The second-order valence-corrected chi connectivity index (χ2v) is 5.70. The molecule has 1 saturated carbocycles. The molecule has 0 aliphatic heterocycles. The minimum atomic E-state index is 0.0543. The Morgan fingerprint density at radius 1 is 1.24 bits per heavy atom. The minimum absolute atomic E-state index is 0.0543. The van der Waals surface area contributed by atoms with Gasteiger partial charge in [0.25, 0.3) is 0 Å². The van der Waals surface area contributed by atoms with E-state index in [1.807, 2.05) is 36.1 Å². The molecule has 1 aliphatic carbocycles. The van der Waals surface area contributed by atoms with Crippen LogP contribution in [0.3, 0.4) is 0 Å². The normalized spacial score (nSPS) is 14.0. The van der Waals surface area contributed by atoms with Crippen molar-refractivity contribution in [2.75, 3.05) is 11.4 Å². The van der Waals surface area contributed by atoms with E-state index in [9.17, 15) is 4.79 Å². The molecule has 0 atom stereocenters. The van der Waals surface area contributed by atoms with Crippen molar-refractivity contribution < 1.29 is 4.79 Å². The molecule has 0 heterocycles. The van der Waals surface area contributed by atoms with Gasteiger partial charge in [0, 0.05) is 17.8 Å². The Morgan fingerprint density at radius 3 is 2.67 bits per heavy atom. The molecule has 0 radical (unpaired) electrons. The molecule has 0 aromatic heterocycles. The van der Waals surface area contributed by atoms with E-state index in [0.717, 1.165) is 30.5 Å². The number of benzene rings is 2. The van der Waals surface area contributed by atoms with Crippen molar-refractivity contribution in [1.29, 1.82) is 0 Å². The predicted molar refractivity (Wildman–Crippen MR) is 90.4 cm³/mol. The first-order chi connectivity index (χ1) is 10.2. The van der Waals surface area contributed by atoms with Crippen molar-refractivity contribution in [1.82, 2.24) is 5.32 Å². The number of nitrogens with zero attached hydrogens (tertiary/aromatic N) is 1. The fraction of sp³-hybridized carbons (Fsp3) is 0.294. The van der Waals surface area contributed by atoms with Crippen molar-refractivity contribution >= 4 is 39.7 Å². The molecule has 1 aliphatic rings. The highest BCUT2D eigenvalue weighted by atomic mass is 32.1. The van der Waals surface area contributed by atoms with Crippen LogP contribution in [0.4, 0.5) is 5.69 Å². The van der Waals surface area contributed by atoms with E-state index < -0.39 is 0 Å². The Labute approximate surface area is 129 Å². The molecule has 0 unspecified atom stereocenters. The fourth-order valence-corrected chi connectivity index (χ4v) is 2.82. The number of amides is 1. The maximum Gasteiger partial charge on any atom is 0.229 e. The van der Waals surface area contributed by atoms with Crippen LogP contribution in [0.15, 0.2) is 42.5 Å². The number of nitrogens with one attached hydrogen (secondary N) is 1. The monoisotopic (exact) mass is 298 g/mol. The van der Waals surface area contributed by atoms with Gasteiger partial charge < -0.3 is 10.2 Å². The van der Waals surface area contributed by atoms with Gasteiger partial charge >= 0.3 is 0 Å². The van der Waals surface area contributed by atoms with Crippen molar-refractivity contribution in [3.63, 3.8) is 0 Å². The van der Waals surface area contributed by atoms with E-state index in [0.29, 0.717) is 5.11 Å². The number of thiocarbonyl (C=S) groups is 1. The fourth-order valence-electron chi connectivity index (χ4n) is 2.49. The topological polar surface area (TPSA) is 32.3 Å². The smallest absolute Gasteiger partial charge is 0.229 e. The molecule has 2 aromatic rings. The minimum Gasteiger partial charge on any atom is -0.318 e. The number of carbonyl (C=O) groups is 1.